The zero-order valence-electron chi connectivity index (χ0n) is 8.48. The van der Waals surface area contributed by atoms with Crippen LogP contribution in [0.25, 0.3) is 0 Å². The number of hydrogen-bond acceptors (Lipinski definition) is 4. The lowest BCUT2D eigenvalue weighted by Crippen LogP contribution is -2.05. The summed E-state index contributed by atoms with van der Waals surface area (Å²) >= 11 is 5.65. The average Bonchev–Trinajstić information content (AvgIpc) is 2.29. The summed E-state index contributed by atoms with van der Waals surface area (Å²) in [5.41, 5.74) is 0. The lowest BCUT2D eigenvalue weighted by atomic mass is 10.3. The Morgan fingerprint density at radius 3 is 2.25 bits per heavy atom. The molecule has 1 rings (SSSR count). The Morgan fingerprint density at radius 1 is 1.12 bits per heavy atom. The highest BCUT2D eigenvalue weighted by Crippen LogP contribution is 2.15. The van der Waals surface area contributed by atoms with Gasteiger partial charge in [-0.25, -0.2) is 9.59 Å². The molecule has 5 heteroatoms. The van der Waals surface area contributed by atoms with Crippen molar-refractivity contribution in [1.29, 1.82) is 0 Å². The largest absolute Gasteiger partial charge is 0.466 e. The number of ether oxygens (including phenoxy) is 2. The molecule has 0 spiro atoms. The van der Waals surface area contributed by atoms with Gasteiger partial charge >= 0.3 is 11.9 Å². The van der Waals surface area contributed by atoms with Gasteiger partial charge in [-0.15, -0.1) is 0 Å². The van der Waals surface area contributed by atoms with Gasteiger partial charge in [0.1, 0.15) is 5.75 Å². The van der Waals surface area contributed by atoms with Crippen LogP contribution in [0.1, 0.15) is 0 Å². The maximum Gasteiger partial charge on any atom is 0.336 e. The highest BCUT2D eigenvalue weighted by atomic mass is 35.5. The highest BCUT2D eigenvalue weighted by Gasteiger charge is 2.01. The molecule has 0 N–H and O–H groups in total. The zero-order valence-corrected chi connectivity index (χ0v) is 9.23. The number of hydrogen-bond donors (Lipinski definition) is 0. The van der Waals surface area contributed by atoms with Crippen LogP contribution in [0.15, 0.2) is 36.4 Å². The van der Waals surface area contributed by atoms with Crippen LogP contribution in [0, 0.1) is 0 Å². The van der Waals surface area contributed by atoms with E-state index >= 15 is 0 Å². The number of rotatable bonds is 3. The molecule has 84 valence electrons. The summed E-state index contributed by atoms with van der Waals surface area (Å²) in [5.74, 6) is -0.926. The van der Waals surface area contributed by atoms with Gasteiger partial charge in [0.15, 0.2) is 0 Å². The first kappa shape index (κ1) is 12.3. The smallest absolute Gasteiger partial charge is 0.336 e. The van der Waals surface area contributed by atoms with Crippen LogP contribution in [0.5, 0.6) is 5.75 Å². The van der Waals surface area contributed by atoms with E-state index in [4.69, 9.17) is 16.3 Å². The minimum Gasteiger partial charge on any atom is -0.466 e. The van der Waals surface area contributed by atoms with Gasteiger partial charge in [-0.1, -0.05) is 11.6 Å². The molecule has 0 radical (unpaired) electrons. The number of carbonyl (C=O) groups is 2. The van der Waals surface area contributed by atoms with E-state index < -0.39 is 11.9 Å². The molecule has 4 nitrogen and oxygen atoms in total. The fourth-order valence-electron chi connectivity index (χ4n) is 0.857. The fraction of sp³-hybridized carbons (Fsp3) is 0.0909. The van der Waals surface area contributed by atoms with E-state index in [1.165, 1.54) is 7.11 Å². The molecule has 0 amide bonds. The second-order valence-electron chi connectivity index (χ2n) is 2.73. The van der Waals surface area contributed by atoms with E-state index in [-0.39, 0.29) is 0 Å². The molecule has 0 unspecified atom stereocenters. The standard InChI is InChI=1S/C11H9ClO4/c1-15-10(13)6-7-11(14)16-9-4-2-8(12)3-5-9/h2-7H,1H3/b7-6+. The van der Waals surface area contributed by atoms with Gasteiger partial charge in [0.2, 0.25) is 0 Å². The monoisotopic (exact) mass is 240 g/mol. The molecule has 1 aromatic rings. The quantitative estimate of drug-likeness (QED) is 0.461. The van der Waals surface area contributed by atoms with E-state index in [2.05, 4.69) is 4.74 Å². The summed E-state index contributed by atoms with van der Waals surface area (Å²) in [6.45, 7) is 0. The number of halogens is 1. The van der Waals surface area contributed by atoms with Crippen molar-refractivity contribution in [2.75, 3.05) is 7.11 Å². The summed E-state index contributed by atoms with van der Waals surface area (Å²) in [7, 11) is 1.22. The van der Waals surface area contributed by atoms with Crippen LogP contribution in [0.4, 0.5) is 0 Å². The van der Waals surface area contributed by atoms with Crippen LogP contribution >= 0.6 is 11.6 Å². The van der Waals surface area contributed by atoms with Crippen LogP contribution in [-0.2, 0) is 14.3 Å². The van der Waals surface area contributed by atoms with Gasteiger partial charge in [0.25, 0.3) is 0 Å². The molecule has 0 heterocycles. The highest BCUT2D eigenvalue weighted by molar-refractivity contribution is 6.30. The minimum atomic E-state index is -0.660. The Kier molecular flexibility index (Phi) is 4.54. The number of benzene rings is 1. The zero-order chi connectivity index (χ0) is 12.0. The lowest BCUT2D eigenvalue weighted by Gasteiger charge is -2.00. The van der Waals surface area contributed by atoms with Crippen LogP contribution in [-0.4, -0.2) is 19.0 Å². The lowest BCUT2D eigenvalue weighted by molar-refractivity contribution is -0.135. The van der Waals surface area contributed by atoms with E-state index in [0.29, 0.717) is 10.8 Å². The summed E-state index contributed by atoms with van der Waals surface area (Å²) in [6.07, 6.45) is 1.97. The third-order valence-corrected chi connectivity index (χ3v) is 1.84. The third-order valence-electron chi connectivity index (χ3n) is 1.59. The Labute approximate surface area is 97.4 Å². The topological polar surface area (TPSA) is 52.6 Å². The van der Waals surface area contributed by atoms with Crippen LogP contribution in [0.2, 0.25) is 5.02 Å². The number of carbonyl (C=O) groups excluding carboxylic acids is 2. The molecule has 0 aliphatic rings. The molecular formula is C11H9ClO4. The third kappa shape index (κ3) is 4.14. The van der Waals surface area contributed by atoms with Gasteiger partial charge < -0.3 is 9.47 Å². The van der Waals surface area contributed by atoms with Crippen molar-refractivity contribution >= 4 is 23.5 Å². The molecule has 0 fully saturated rings. The van der Waals surface area contributed by atoms with Gasteiger partial charge in [0.05, 0.1) is 7.11 Å². The maximum atomic E-state index is 11.2. The minimum absolute atomic E-state index is 0.351. The molecule has 0 saturated carbocycles. The number of esters is 2. The van der Waals surface area contributed by atoms with Crippen molar-refractivity contribution < 1.29 is 19.1 Å². The second kappa shape index (κ2) is 5.92. The predicted octanol–water partition coefficient (Wildman–Crippen LogP) is 1.97. The Hall–Kier alpha value is -1.81. The van der Waals surface area contributed by atoms with Crippen molar-refractivity contribution in [2.45, 2.75) is 0 Å². The van der Waals surface area contributed by atoms with Crippen molar-refractivity contribution in [2.24, 2.45) is 0 Å². The van der Waals surface area contributed by atoms with Gasteiger partial charge in [-0.05, 0) is 24.3 Å². The molecule has 1 aromatic carbocycles. The summed E-state index contributed by atoms with van der Waals surface area (Å²) < 4.78 is 9.19. The van der Waals surface area contributed by atoms with Crippen molar-refractivity contribution in [3.8, 4) is 5.75 Å². The second-order valence-corrected chi connectivity index (χ2v) is 3.17. The van der Waals surface area contributed by atoms with Crippen molar-refractivity contribution in [3.63, 3.8) is 0 Å². The molecule has 16 heavy (non-hydrogen) atoms. The van der Waals surface area contributed by atoms with Crippen LogP contribution < -0.4 is 4.74 Å². The normalized spacial score (nSPS) is 10.1. The Balaban J connectivity index is 2.55. The van der Waals surface area contributed by atoms with Gasteiger partial charge in [-0.2, -0.15) is 0 Å². The van der Waals surface area contributed by atoms with Crippen molar-refractivity contribution in [3.05, 3.63) is 41.4 Å². The molecular weight excluding hydrogens is 232 g/mol. The Bertz CT molecular complexity index is 408. The first-order chi connectivity index (χ1) is 7.61. The molecule has 0 bridgehead atoms. The average molecular weight is 241 g/mol. The summed E-state index contributed by atoms with van der Waals surface area (Å²) in [4.78, 5) is 21.8. The van der Waals surface area contributed by atoms with E-state index in [1.54, 1.807) is 24.3 Å². The van der Waals surface area contributed by atoms with E-state index in [9.17, 15) is 9.59 Å². The maximum absolute atomic E-state index is 11.2. The molecule has 0 saturated heterocycles. The van der Waals surface area contributed by atoms with Gasteiger partial charge in [0, 0.05) is 17.2 Å². The van der Waals surface area contributed by atoms with Crippen LogP contribution in [0.3, 0.4) is 0 Å². The number of methoxy groups -OCH3 is 1. The van der Waals surface area contributed by atoms with Crippen molar-refractivity contribution in [1.82, 2.24) is 0 Å². The first-order valence-corrected chi connectivity index (χ1v) is 4.73. The summed E-state index contributed by atoms with van der Waals surface area (Å²) in [5, 5.41) is 0.546. The SMILES string of the molecule is COC(=O)/C=C/C(=O)Oc1ccc(Cl)cc1. The summed E-state index contributed by atoms with van der Waals surface area (Å²) in [6, 6.07) is 6.28. The molecule has 0 atom stereocenters. The Morgan fingerprint density at radius 2 is 1.69 bits per heavy atom. The first-order valence-electron chi connectivity index (χ1n) is 4.35. The molecule has 0 aromatic heterocycles. The molecule has 0 aliphatic carbocycles. The fourth-order valence-corrected chi connectivity index (χ4v) is 0.983. The van der Waals surface area contributed by atoms with E-state index in [0.717, 1.165) is 12.2 Å². The molecule has 0 aliphatic heterocycles. The van der Waals surface area contributed by atoms with Gasteiger partial charge in [-0.3, -0.25) is 0 Å². The predicted molar refractivity (Wildman–Crippen MR) is 58.2 cm³/mol. The van der Waals surface area contributed by atoms with E-state index in [1.807, 2.05) is 0 Å².